The van der Waals surface area contributed by atoms with Gasteiger partial charge in [-0.15, -0.1) is 0 Å². The summed E-state index contributed by atoms with van der Waals surface area (Å²) in [7, 11) is 1.58. The van der Waals surface area contributed by atoms with E-state index in [0.717, 1.165) is 31.5 Å². The van der Waals surface area contributed by atoms with Crippen molar-refractivity contribution in [1.82, 2.24) is 9.88 Å². The van der Waals surface area contributed by atoms with Crippen molar-refractivity contribution >= 4 is 29.2 Å². The summed E-state index contributed by atoms with van der Waals surface area (Å²) in [5.41, 5.74) is 2.17. The molecule has 0 N–H and O–H groups in total. The number of carbonyl (C=O) groups excluding carboxylic acids is 1. The highest BCUT2D eigenvalue weighted by molar-refractivity contribution is 6.35. The van der Waals surface area contributed by atoms with Gasteiger partial charge >= 0.3 is 12.6 Å². The number of esters is 1. The number of benzene rings is 2. The third-order valence-corrected chi connectivity index (χ3v) is 7.98. The number of carbonyl (C=O) groups is 1. The topological polar surface area (TPSA) is 79.4 Å². The minimum atomic E-state index is -3.03. The van der Waals surface area contributed by atoms with Gasteiger partial charge in [-0.1, -0.05) is 29.3 Å². The fourth-order valence-electron chi connectivity index (χ4n) is 4.80. The summed E-state index contributed by atoms with van der Waals surface area (Å²) in [6.07, 6.45) is 4.12. The Morgan fingerprint density at radius 3 is 2.44 bits per heavy atom. The summed E-state index contributed by atoms with van der Waals surface area (Å²) < 4.78 is 53.9. The first-order valence-electron chi connectivity index (χ1n) is 14.0. The van der Waals surface area contributed by atoms with Gasteiger partial charge < -0.3 is 23.7 Å². The van der Waals surface area contributed by atoms with E-state index in [1.807, 2.05) is 0 Å². The van der Waals surface area contributed by atoms with Crippen LogP contribution in [0.15, 0.2) is 48.8 Å². The van der Waals surface area contributed by atoms with Gasteiger partial charge in [-0.3, -0.25) is 9.88 Å². The Labute approximate surface area is 258 Å². The average molecular weight is 638 g/mol. The second-order valence-corrected chi connectivity index (χ2v) is 11.2. The molecule has 2 fully saturated rings. The molecular weight excluding hydrogens is 605 g/mol. The van der Waals surface area contributed by atoms with Gasteiger partial charge in [0.15, 0.2) is 11.5 Å². The van der Waals surface area contributed by atoms with Crippen molar-refractivity contribution in [3.8, 4) is 17.2 Å². The van der Waals surface area contributed by atoms with Crippen LogP contribution in [0.2, 0.25) is 10.0 Å². The zero-order valence-corrected chi connectivity index (χ0v) is 25.1. The molecule has 1 aliphatic heterocycles. The maximum absolute atomic E-state index is 13.6. The number of nitrogens with zero attached hydrogens (tertiary/aromatic N) is 2. The molecule has 1 aromatic heterocycles. The molecule has 0 amide bonds. The first-order chi connectivity index (χ1) is 20.8. The third kappa shape index (κ3) is 8.47. The molecule has 0 bridgehead atoms. The Morgan fingerprint density at radius 1 is 1.05 bits per heavy atom. The van der Waals surface area contributed by atoms with Crippen molar-refractivity contribution in [2.24, 2.45) is 5.92 Å². The number of pyridine rings is 1. The molecule has 0 spiro atoms. The van der Waals surface area contributed by atoms with E-state index in [9.17, 15) is 13.6 Å². The summed E-state index contributed by atoms with van der Waals surface area (Å²) in [6, 6.07) is 9.62. The van der Waals surface area contributed by atoms with E-state index >= 15 is 0 Å². The number of alkyl halides is 2. The number of halogens is 4. The summed E-state index contributed by atoms with van der Waals surface area (Å²) >= 11 is 12.8. The lowest BCUT2D eigenvalue weighted by atomic mass is 10.0. The van der Waals surface area contributed by atoms with E-state index < -0.39 is 18.7 Å². The van der Waals surface area contributed by atoms with E-state index in [1.54, 1.807) is 37.4 Å². The molecule has 1 atom stereocenters. The second-order valence-electron chi connectivity index (χ2n) is 10.4. The van der Waals surface area contributed by atoms with Crippen LogP contribution in [0, 0.1) is 5.92 Å². The van der Waals surface area contributed by atoms with E-state index in [1.165, 1.54) is 18.5 Å². The molecular formula is C31H32Cl2F2N2O6. The molecule has 2 heterocycles. The number of methoxy groups -OCH3 is 1. The van der Waals surface area contributed by atoms with E-state index in [4.69, 9.17) is 46.9 Å². The van der Waals surface area contributed by atoms with Crippen molar-refractivity contribution < 1.29 is 37.3 Å². The highest BCUT2D eigenvalue weighted by atomic mass is 35.5. The number of aromatic nitrogens is 1. The molecule has 8 nitrogen and oxygen atoms in total. The normalized spacial score (nSPS) is 16.1. The van der Waals surface area contributed by atoms with Crippen LogP contribution in [0.5, 0.6) is 17.2 Å². The Kier molecular flexibility index (Phi) is 10.6. The maximum atomic E-state index is 13.6. The van der Waals surface area contributed by atoms with Crippen molar-refractivity contribution in [3.05, 3.63) is 81.1 Å². The number of hydrogen-bond acceptors (Lipinski definition) is 8. The predicted molar refractivity (Wildman–Crippen MR) is 157 cm³/mol. The van der Waals surface area contributed by atoms with Gasteiger partial charge in [0.25, 0.3) is 0 Å². The van der Waals surface area contributed by atoms with Gasteiger partial charge in [0.2, 0.25) is 0 Å². The number of rotatable bonds is 13. The molecule has 230 valence electrons. The lowest BCUT2D eigenvalue weighted by Gasteiger charge is -2.27. The molecule has 12 heteroatoms. The van der Waals surface area contributed by atoms with Gasteiger partial charge in [0.1, 0.15) is 11.9 Å². The largest absolute Gasteiger partial charge is 0.496 e. The van der Waals surface area contributed by atoms with E-state index in [-0.39, 0.29) is 17.9 Å². The Bertz CT molecular complexity index is 1400. The number of ether oxygens (including phenoxy) is 5. The molecule has 2 aliphatic rings. The van der Waals surface area contributed by atoms with Crippen molar-refractivity contribution in [2.75, 3.05) is 40.0 Å². The molecule has 5 rings (SSSR count). The standard InChI is InChI=1S/C31H32Cl2F2N2O6/c1-39-26-6-5-21(12-22(26)17-37-8-10-40-11-9-37)30(38)42-28(14-23-24(32)15-36-16-25(23)33)20-4-7-27(43-31(34)35)29(13-20)41-18-19-2-3-19/h4-7,12-13,15-16,19,28,31H,2-3,8-11,14,17-18H2,1H3. The van der Waals surface area contributed by atoms with Crippen LogP contribution >= 0.6 is 23.2 Å². The average Bonchev–Trinajstić information content (AvgIpc) is 3.83. The Balaban J connectivity index is 1.45. The lowest BCUT2D eigenvalue weighted by Crippen LogP contribution is -2.35. The second kappa shape index (κ2) is 14.5. The van der Waals surface area contributed by atoms with Crippen LogP contribution < -0.4 is 14.2 Å². The zero-order valence-electron chi connectivity index (χ0n) is 23.6. The van der Waals surface area contributed by atoms with E-state index in [2.05, 4.69) is 9.88 Å². The summed E-state index contributed by atoms with van der Waals surface area (Å²) in [5, 5.41) is 0.599. The monoisotopic (exact) mass is 636 g/mol. The van der Waals surface area contributed by atoms with Gasteiger partial charge in [-0.25, -0.2) is 4.79 Å². The van der Waals surface area contributed by atoms with Gasteiger partial charge in [0, 0.05) is 44.0 Å². The van der Waals surface area contributed by atoms with Crippen LogP contribution in [0.3, 0.4) is 0 Å². The molecule has 0 radical (unpaired) electrons. The molecule has 1 saturated carbocycles. The zero-order chi connectivity index (χ0) is 30.3. The summed E-state index contributed by atoms with van der Waals surface area (Å²) in [5.74, 6) is 0.461. The molecule has 1 unspecified atom stereocenters. The van der Waals surface area contributed by atoms with E-state index in [0.29, 0.717) is 64.8 Å². The summed E-state index contributed by atoms with van der Waals surface area (Å²) in [6.45, 7) is 0.727. The van der Waals surface area contributed by atoms with Crippen LogP contribution in [-0.4, -0.2) is 62.5 Å². The minimum absolute atomic E-state index is 0.0971. The highest BCUT2D eigenvalue weighted by Crippen LogP contribution is 2.38. The first kappa shape index (κ1) is 31.3. The van der Waals surface area contributed by atoms with Crippen LogP contribution in [0.1, 0.15) is 46.0 Å². The fourth-order valence-corrected chi connectivity index (χ4v) is 5.31. The van der Waals surface area contributed by atoms with Crippen molar-refractivity contribution in [3.63, 3.8) is 0 Å². The van der Waals surface area contributed by atoms with Crippen molar-refractivity contribution in [1.29, 1.82) is 0 Å². The Morgan fingerprint density at radius 2 is 1.77 bits per heavy atom. The van der Waals surface area contributed by atoms with Crippen LogP contribution in [0.25, 0.3) is 0 Å². The smallest absolute Gasteiger partial charge is 0.387 e. The quantitative estimate of drug-likeness (QED) is 0.190. The van der Waals surface area contributed by atoms with Crippen molar-refractivity contribution in [2.45, 2.75) is 38.5 Å². The molecule has 1 aliphatic carbocycles. The SMILES string of the molecule is COc1ccc(C(=O)OC(Cc2c(Cl)cncc2Cl)c2ccc(OC(F)F)c(OCC3CC3)c2)cc1CN1CCOCC1. The Hall–Kier alpha value is -3.18. The molecule has 2 aromatic carbocycles. The van der Waals surface area contributed by atoms with Gasteiger partial charge in [-0.2, -0.15) is 8.78 Å². The predicted octanol–water partition coefficient (Wildman–Crippen LogP) is 6.76. The number of hydrogen-bond donors (Lipinski definition) is 0. The lowest BCUT2D eigenvalue weighted by molar-refractivity contribution is -0.0515. The summed E-state index contributed by atoms with van der Waals surface area (Å²) in [4.78, 5) is 19.8. The highest BCUT2D eigenvalue weighted by Gasteiger charge is 2.26. The minimum Gasteiger partial charge on any atom is -0.496 e. The van der Waals surface area contributed by atoms with Crippen LogP contribution in [-0.2, 0) is 22.4 Å². The molecule has 43 heavy (non-hydrogen) atoms. The maximum Gasteiger partial charge on any atom is 0.387 e. The molecule has 1 saturated heterocycles. The van der Waals surface area contributed by atoms with Crippen LogP contribution in [0.4, 0.5) is 8.78 Å². The molecule has 3 aromatic rings. The fraction of sp³-hybridized carbons (Fsp3) is 0.419. The van der Waals surface area contributed by atoms with Gasteiger partial charge in [0.05, 0.1) is 42.5 Å². The first-order valence-corrected chi connectivity index (χ1v) is 14.7. The third-order valence-electron chi connectivity index (χ3n) is 7.33. The van der Waals surface area contributed by atoms with Gasteiger partial charge in [-0.05, 0) is 60.2 Å². The number of morpholine rings is 1.